The first kappa shape index (κ1) is 22.2. The van der Waals surface area contributed by atoms with Gasteiger partial charge in [-0.05, 0) is 49.1 Å². The van der Waals surface area contributed by atoms with Gasteiger partial charge >= 0.3 is 5.97 Å². The molecule has 5 nitrogen and oxygen atoms in total. The van der Waals surface area contributed by atoms with Gasteiger partial charge in [-0.2, -0.15) is 0 Å². The Morgan fingerprint density at radius 3 is 2.69 bits per heavy atom. The summed E-state index contributed by atoms with van der Waals surface area (Å²) < 4.78 is 1.04. The van der Waals surface area contributed by atoms with Crippen molar-refractivity contribution >= 4 is 45.4 Å². The molecule has 0 radical (unpaired) electrons. The van der Waals surface area contributed by atoms with Crippen LogP contribution in [0.3, 0.4) is 0 Å². The molecule has 0 saturated heterocycles. The number of halogens is 1. The van der Waals surface area contributed by atoms with Crippen LogP contribution < -0.4 is 4.90 Å². The van der Waals surface area contributed by atoms with E-state index in [4.69, 9.17) is 9.97 Å². The van der Waals surface area contributed by atoms with Crippen molar-refractivity contribution in [2.45, 2.75) is 19.3 Å². The molecular weight excluding hydrogens is 513 g/mol. The van der Waals surface area contributed by atoms with Crippen LogP contribution in [0.25, 0.3) is 22.3 Å². The maximum Gasteiger partial charge on any atom is 0.335 e. The number of aromatic carboxylic acids is 1. The molecule has 4 rings (SSSR count). The Balaban J connectivity index is 1.97. The lowest BCUT2D eigenvalue weighted by Gasteiger charge is -2.33. The second kappa shape index (κ2) is 10.1. The third-order valence-corrected chi connectivity index (χ3v) is 6.03. The van der Waals surface area contributed by atoms with Gasteiger partial charge in [0, 0.05) is 22.2 Å². The Kier molecular flexibility index (Phi) is 6.99. The predicted molar refractivity (Wildman–Crippen MR) is 138 cm³/mol. The Hall–Kier alpha value is -3.00. The summed E-state index contributed by atoms with van der Waals surface area (Å²) in [5, 5.41) is 9.44. The molecule has 0 amide bonds. The molecule has 0 atom stereocenters. The molecule has 0 bridgehead atoms. The van der Waals surface area contributed by atoms with Crippen LogP contribution in [0.4, 0.5) is 5.82 Å². The third-order valence-electron chi connectivity index (χ3n) is 5.50. The number of hydrogen-bond acceptors (Lipinski definition) is 4. The highest BCUT2D eigenvalue weighted by atomic mass is 127. The molecule has 3 aromatic rings. The van der Waals surface area contributed by atoms with Crippen molar-refractivity contribution < 1.29 is 9.90 Å². The van der Waals surface area contributed by atoms with E-state index < -0.39 is 5.97 Å². The lowest BCUT2D eigenvalue weighted by molar-refractivity contribution is 0.0697. The van der Waals surface area contributed by atoms with E-state index in [1.165, 1.54) is 5.57 Å². The van der Waals surface area contributed by atoms with Crippen LogP contribution in [-0.4, -0.2) is 32.0 Å². The number of hydrogen-bond donors (Lipinski definition) is 1. The second-order valence-corrected chi connectivity index (χ2v) is 8.63. The molecule has 162 valence electrons. The van der Waals surface area contributed by atoms with Crippen molar-refractivity contribution in [1.82, 2.24) is 9.97 Å². The Morgan fingerprint density at radius 2 is 1.97 bits per heavy atom. The van der Waals surface area contributed by atoms with Gasteiger partial charge in [0.25, 0.3) is 0 Å². The van der Waals surface area contributed by atoms with Crippen LogP contribution in [-0.2, 0) is 0 Å². The first-order valence-electron chi connectivity index (χ1n) is 10.6. The lowest BCUT2D eigenvalue weighted by atomic mass is 9.98. The van der Waals surface area contributed by atoms with Gasteiger partial charge in [-0.15, -0.1) is 0 Å². The van der Waals surface area contributed by atoms with E-state index in [1.807, 2.05) is 36.4 Å². The number of aromatic nitrogens is 2. The topological polar surface area (TPSA) is 66.3 Å². The molecule has 1 aliphatic rings. The van der Waals surface area contributed by atoms with Crippen LogP contribution in [0.2, 0.25) is 0 Å². The van der Waals surface area contributed by atoms with Crippen molar-refractivity contribution in [2.24, 2.45) is 0 Å². The molecular formula is C26H24IN3O2. The van der Waals surface area contributed by atoms with Gasteiger partial charge in [-0.3, -0.25) is 0 Å². The van der Waals surface area contributed by atoms with E-state index in [0.29, 0.717) is 11.0 Å². The highest BCUT2D eigenvalue weighted by molar-refractivity contribution is 14.1. The summed E-state index contributed by atoms with van der Waals surface area (Å²) in [4.78, 5) is 23.7. The van der Waals surface area contributed by atoms with E-state index in [-0.39, 0.29) is 5.56 Å². The molecule has 0 fully saturated rings. The van der Waals surface area contributed by atoms with E-state index in [9.17, 15) is 9.90 Å². The van der Waals surface area contributed by atoms with Crippen LogP contribution in [0.1, 0.15) is 29.6 Å². The van der Waals surface area contributed by atoms with Crippen molar-refractivity contribution in [3.8, 4) is 11.3 Å². The molecule has 0 aliphatic carbocycles. The van der Waals surface area contributed by atoms with Gasteiger partial charge in [0.15, 0.2) is 5.82 Å². The average Bonchev–Trinajstić information content (AvgIpc) is 2.82. The highest BCUT2D eigenvalue weighted by Gasteiger charge is 2.24. The maximum atomic E-state index is 11.5. The minimum atomic E-state index is -0.973. The standard InChI is InChI=1S/C26H24IN3O2/c1-2-3-11-23-18(14-15-27)10-7-16-30(23)25-24(19-8-5-4-6-9-19)28-21-13-12-20(26(31)32)17-22(21)29-25/h2-6,8-9,11-13,17H,1,7,10,14-16H2,(H,31,32)/b11-3-. The van der Waals surface area contributed by atoms with Crippen molar-refractivity contribution in [1.29, 1.82) is 0 Å². The number of carboxylic acids is 1. The summed E-state index contributed by atoms with van der Waals surface area (Å²) >= 11 is 2.42. The summed E-state index contributed by atoms with van der Waals surface area (Å²) in [6, 6.07) is 14.9. The molecule has 0 unspecified atom stereocenters. The predicted octanol–water partition coefficient (Wildman–Crippen LogP) is 6.42. The summed E-state index contributed by atoms with van der Waals surface area (Å²) in [6.07, 6.45) is 8.94. The first-order chi connectivity index (χ1) is 15.6. The molecule has 1 N–H and O–H groups in total. The van der Waals surface area contributed by atoms with Gasteiger partial charge < -0.3 is 10.0 Å². The van der Waals surface area contributed by atoms with Crippen molar-refractivity contribution in [3.05, 3.63) is 90.2 Å². The molecule has 6 heteroatoms. The highest BCUT2D eigenvalue weighted by Crippen LogP contribution is 2.36. The minimum Gasteiger partial charge on any atom is -0.478 e. The number of allylic oxidation sites excluding steroid dienone is 4. The molecule has 2 aromatic carbocycles. The molecule has 0 saturated carbocycles. The zero-order chi connectivity index (χ0) is 22.5. The van der Waals surface area contributed by atoms with Gasteiger partial charge in [-0.25, -0.2) is 14.8 Å². The van der Waals surface area contributed by atoms with Crippen molar-refractivity contribution in [3.63, 3.8) is 0 Å². The number of anilines is 1. The van der Waals surface area contributed by atoms with Gasteiger partial charge in [-0.1, -0.05) is 71.7 Å². The average molecular weight is 537 g/mol. The van der Waals surface area contributed by atoms with E-state index in [1.54, 1.807) is 24.3 Å². The maximum absolute atomic E-state index is 11.5. The lowest BCUT2D eigenvalue weighted by Crippen LogP contribution is -2.29. The molecule has 2 heterocycles. The molecule has 0 spiro atoms. The third kappa shape index (κ3) is 4.60. The van der Waals surface area contributed by atoms with Crippen molar-refractivity contribution in [2.75, 3.05) is 15.9 Å². The number of carboxylic acid groups (broad SMARTS) is 1. The van der Waals surface area contributed by atoms with Crippen LogP contribution in [0.5, 0.6) is 0 Å². The van der Waals surface area contributed by atoms with E-state index in [2.05, 4.69) is 40.1 Å². The van der Waals surface area contributed by atoms with Gasteiger partial charge in [0.05, 0.1) is 16.6 Å². The zero-order valence-electron chi connectivity index (χ0n) is 17.7. The number of nitrogens with zero attached hydrogens (tertiary/aromatic N) is 3. The molecule has 1 aromatic heterocycles. The second-order valence-electron chi connectivity index (χ2n) is 7.55. The Bertz CT molecular complexity index is 1220. The molecule has 1 aliphatic heterocycles. The number of benzene rings is 2. The minimum absolute atomic E-state index is 0.205. The fourth-order valence-electron chi connectivity index (χ4n) is 4.00. The van der Waals surface area contributed by atoms with Crippen LogP contribution in [0, 0.1) is 0 Å². The quantitative estimate of drug-likeness (QED) is 0.214. The smallest absolute Gasteiger partial charge is 0.335 e. The zero-order valence-corrected chi connectivity index (χ0v) is 19.8. The fourth-order valence-corrected chi connectivity index (χ4v) is 4.65. The summed E-state index contributed by atoms with van der Waals surface area (Å²) in [7, 11) is 0. The summed E-state index contributed by atoms with van der Waals surface area (Å²) in [5.41, 5.74) is 5.75. The largest absolute Gasteiger partial charge is 0.478 e. The Morgan fingerprint density at radius 1 is 1.16 bits per heavy atom. The number of carbonyl (C=O) groups is 1. The normalized spacial score (nSPS) is 14.3. The van der Waals surface area contributed by atoms with Crippen LogP contribution in [0.15, 0.2) is 84.6 Å². The number of rotatable bonds is 7. The number of alkyl halides is 1. The monoisotopic (exact) mass is 537 g/mol. The summed E-state index contributed by atoms with van der Waals surface area (Å²) in [6.45, 7) is 4.65. The van der Waals surface area contributed by atoms with Gasteiger partial charge in [0.2, 0.25) is 0 Å². The fraction of sp³-hybridized carbons (Fsp3) is 0.192. The van der Waals surface area contributed by atoms with E-state index >= 15 is 0 Å². The summed E-state index contributed by atoms with van der Waals surface area (Å²) in [5.74, 6) is -0.222. The number of fused-ring (bicyclic) bond motifs is 1. The molecule has 32 heavy (non-hydrogen) atoms. The van der Waals surface area contributed by atoms with Gasteiger partial charge in [0.1, 0.15) is 5.69 Å². The Labute approximate surface area is 201 Å². The first-order valence-corrected chi connectivity index (χ1v) is 12.1. The SMILES string of the molecule is C=C/C=C\C1=C(CCI)CCCN1c1nc2cc(C(=O)O)ccc2nc1-c1ccccc1. The van der Waals surface area contributed by atoms with Crippen LogP contribution >= 0.6 is 22.6 Å². The van der Waals surface area contributed by atoms with E-state index in [0.717, 1.165) is 53.0 Å².